The molecule has 1 heterocycles. The molecule has 0 fully saturated rings. The number of anilines is 2. The molecule has 0 atom stereocenters. The van der Waals surface area contributed by atoms with Gasteiger partial charge in [-0.25, -0.2) is 8.42 Å². The van der Waals surface area contributed by atoms with E-state index in [4.69, 9.17) is 11.6 Å². The van der Waals surface area contributed by atoms with Crippen LogP contribution in [0.25, 0.3) is 0 Å². The molecule has 23 heavy (non-hydrogen) atoms. The van der Waals surface area contributed by atoms with Crippen LogP contribution in [0, 0.1) is 0 Å². The van der Waals surface area contributed by atoms with Gasteiger partial charge in [0.2, 0.25) is 0 Å². The summed E-state index contributed by atoms with van der Waals surface area (Å²) in [7, 11) is 0.509. The molecule has 2 aromatic rings. The normalized spacial score (nSPS) is 11.7. The molecule has 0 radical (unpaired) electrons. The molecule has 0 saturated heterocycles. The SMILES string of the molecule is CN(C)CCCNc1ccc(NS(=O)(=O)c2ccc(Cl)s2)cc1. The molecule has 5 nitrogen and oxygen atoms in total. The average molecular weight is 374 g/mol. The topological polar surface area (TPSA) is 61.4 Å². The maximum atomic E-state index is 12.2. The van der Waals surface area contributed by atoms with E-state index in [1.165, 1.54) is 6.07 Å². The summed E-state index contributed by atoms with van der Waals surface area (Å²) < 4.78 is 27.6. The predicted octanol–water partition coefficient (Wildman–Crippen LogP) is 3.57. The van der Waals surface area contributed by atoms with Gasteiger partial charge in [0.1, 0.15) is 4.21 Å². The van der Waals surface area contributed by atoms with E-state index >= 15 is 0 Å². The van der Waals surface area contributed by atoms with Gasteiger partial charge in [0.25, 0.3) is 10.0 Å². The number of thiophene rings is 1. The van der Waals surface area contributed by atoms with E-state index in [0.29, 0.717) is 10.0 Å². The van der Waals surface area contributed by atoms with Crippen LogP contribution in [0.4, 0.5) is 11.4 Å². The Bertz CT molecular complexity index is 727. The summed E-state index contributed by atoms with van der Waals surface area (Å²) in [5.74, 6) is 0. The predicted molar refractivity (Wildman–Crippen MR) is 98.2 cm³/mol. The first-order valence-electron chi connectivity index (χ1n) is 7.14. The first-order chi connectivity index (χ1) is 10.9. The van der Waals surface area contributed by atoms with Crippen LogP contribution in [0.3, 0.4) is 0 Å². The minimum Gasteiger partial charge on any atom is -0.385 e. The molecule has 0 saturated carbocycles. The molecule has 0 unspecified atom stereocenters. The smallest absolute Gasteiger partial charge is 0.271 e. The Morgan fingerprint density at radius 1 is 1.09 bits per heavy atom. The van der Waals surface area contributed by atoms with Gasteiger partial charge in [0, 0.05) is 17.9 Å². The molecule has 0 bridgehead atoms. The van der Waals surface area contributed by atoms with Crippen LogP contribution in [0.15, 0.2) is 40.6 Å². The van der Waals surface area contributed by atoms with Gasteiger partial charge in [-0.1, -0.05) is 11.6 Å². The molecule has 1 aromatic carbocycles. The Morgan fingerprint density at radius 2 is 1.74 bits per heavy atom. The van der Waals surface area contributed by atoms with Gasteiger partial charge < -0.3 is 10.2 Å². The molecule has 2 N–H and O–H groups in total. The van der Waals surface area contributed by atoms with Crippen LogP contribution in [-0.2, 0) is 10.0 Å². The van der Waals surface area contributed by atoms with Gasteiger partial charge in [-0.05, 0) is 63.5 Å². The zero-order valence-corrected chi connectivity index (χ0v) is 15.4. The highest BCUT2D eigenvalue weighted by Gasteiger charge is 2.16. The van der Waals surface area contributed by atoms with Crippen molar-refractivity contribution >= 4 is 44.3 Å². The first kappa shape index (κ1) is 18.1. The van der Waals surface area contributed by atoms with Crippen molar-refractivity contribution in [1.29, 1.82) is 0 Å². The molecular formula is C15H20ClN3O2S2. The molecule has 1 aromatic heterocycles. The third-order valence-electron chi connectivity index (χ3n) is 3.06. The maximum absolute atomic E-state index is 12.2. The van der Waals surface area contributed by atoms with Crippen LogP contribution in [0.5, 0.6) is 0 Å². The lowest BCUT2D eigenvalue weighted by Crippen LogP contribution is -2.16. The fourth-order valence-electron chi connectivity index (χ4n) is 1.93. The fourth-order valence-corrected chi connectivity index (χ4v) is 4.47. The quantitative estimate of drug-likeness (QED) is 0.694. The van der Waals surface area contributed by atoms with Crippen molar-refractivity contribution in [2.75, 3.05) is 37.2 Å². The molecule has 0 amide bonds. The fraction of sp³-hybridized carbons (Fsp3) is 0.333. The van der Waals surface area contributed by atoms with E-state index in [-0.39, 0.29) is 4.21 Å². The number of rotatable bonds is 8. The van der Waals surface area contributed by atoms with Crippen LogP contribution in [-0.4, -0.2) is 40.5 Å². The van der Waals surface area contributed by atoms with Gasteiger partial charge in [-0.3, -0.25) is 4.72 Å². The summed E-state index contributed by atoms with van der Waals surface area (Å²) in [6.07, 6.45) is 1.04. The number of sulfonamides is 1. The maximum Gasteiger partial charge on any atom is 0.271 e. The Hall–Kier alpha value is -1.28. The molecule has 0 aliphatic heterocycles. The van der Waals surface area contributed by atoms with Crippen LogP contribution < -0.4 is 10.0 Å². The molecule has 0 aliphatic rings. The van der Waals surface area contributed by atoms with Crippen LogP contribution in [0.2, 0.25) is 4.34 Å². The highest BCUT2D eigenvalue weighted by molar-refractivity contribution is 7.94. The Balaban J connectivity index is 1.92. The average Bonchev–Trinajstić information content (AvgIpc) is 2.92. The minimum absolute atomic E-state index is 0.202. The number of hydrogen-bond acceptors (Lipinski definition) is 5. The second-order valence-electron chi connectivity index (χ2n) is 5.32. The number of halogens is 1. The van der Waals surface area contributed by atoms with Crippen molar-refractivity contribution < 1.29 is 8.42 Å². The van der Waals surface area contributed by atoms with Crippen molar-refractivity contribution in [3.05, 3.63) is 40.7 Å². The van der Waals surface area contributed by atoms with Gasteiger partial charge >= 0.3 is 0 Å². The van der Waals surface area contributed by atoms with Crippen molar-refractivity contribution in [3.8, 4) is 0 Å². The van der Waals surface area contributed by atoms with Gasteiger partial charge in [0.15, 0.2) is 0 Å². The number of benzene rings is 1. The third-order valence-corrected chi connectivity index (χ3v) is 6.17. The van der Waals surface area contributed by atoms with E-state index in [0.717, 1.165) is 36.5 Å². The lowest BCUT2D eigenvalue weighted by Gasteiger charge is -2.11. The standard InChI is InChI=1S/C15H20ClN3O2S2/c1-19(2)11-3-10-17-12-4-6-13(7-5-12)18-23(20,21)15-9-8-14(16)22-15/h4-9,17-18H,3,10-11H2,1-2H3. The lowest BCUT2D eigenvalue weighted by atomic mass is 10.3. The monoisotopic (exact) mass is 373 g/mol. The van der Waals surface area contributed by atoms with Gasteiger partial charge in [-0.2, -0.15) is 0 Å². The summed E-state index contributed by atoms with van der Waals surface area (Å²) in [5.41, 5.74) is 1.49. The van der Waals surface area contributed by atoms with Crippen molar-refractivity contribution in [2.24, 2.45) is 0 Å². The summed E-state index contributed by atoms with van der Waals surface area (Å²) in [4.78, 5) is 2.14. The molecule has 2 rings (SSSR count). The van der Waals surface area contributed by atoms with Crippen LogP contribution in [0.1, 0.15) is 6.42 Å². The number of nitrogens with zero attached hydrogens (tertiary/aromatic N) is 1. The number of nitrogens with one attached hydrogen (secondary N) is 2. The summed E-state index contributed by atoms with van der Waals surface area (Å²) in [6.45, 7) is 1.89. The summed E-state index contributed by atoms with van der Waals surface area (Å²) >= 11 is 6.82. The van der Waals surface area contributed by atoms with Crippen molar-refractivity contribution in [1.82, 2.24) is 4.90 Å². The van der Waals surface area contributed by atoms with E-state index in [9.17, 15) is 8.42 Å². The second-order valence-corrected chi connectivity index (χ2v) is 8.95. The summed E-state index contributed by atoms with van der Waals surface area (Å²) in [5, 5.41) is 3.31. The minimum atomic E-state index is -3.58. The van der Waals surface area contributed by atoms with Gasteiger partial charge in [0.05, 0.1) is 4.34 Å². The van der Waals surface area contributed by atoms with Gasteiger partial charge in [-0.15, -0.1) is 11.3 Å². The lowest BCUT2D eigenvalue weighted by molar-refractivity contribution is 0.405. The molecule has 0 aliphatic carbocycles. The zero-order valence-electron chi connectivity index (χ0n) is 13.0. The first-order valence-corrected chi connectivity index (χ1v) is 9.81. The number of hydrogen-bond donors (Lipinski definition) is 2. The van der Waals surface area contributed by atoms with E-state index in [1.54, 1.807) is 18.2 Å². The second kappa shape index (κ2) is 8.01. The zero-order chi connectivity index (χ0) is 16.9. The molecular weight excluding hydrogens is 354 g/mol. The highest BCUT2D eigenvalue weighted by atomic mass is 35.5. The largest absolute Gasteiger partial charge is 0.385 e. The Morgan fingerprint density at radius 3 is 2.30 bits per heavy atom. The Kier molecular flexibility index (Phi) is 6.29. The van der Waals surface area contributed by atoms with Crippen molar-refractivity contribution in [2.45, 2.75) is 10.6 Å². The van der Waals surface area contributed by atoms with E-state index in [1.807, 2.05) is 26.2 Å². The van der Waals surface area contributed by atoms with Crippen molar-refractivity contribution in [3.63, 3.8) is 0 Å². The molecule has 8 heteroatoms. The Labute approximate surface area is 146 Å². The van der Waals surface area contributed by atoms with Crippen LogP contribution >= 0.6 is 22.9 Å². The third kappa shape index (κ3) is 5.69. The molecule has 0 spiro atoms. The van der Waals surface area contributed by atoms with E-state index < -0.39 is 10.0 Å². The highest BCUT2D eigenvalue weighted by Crippen LogP contribution is 2.27. The summed E-state index contributed by atoms with van der Waals surface area (Å²) in [6, 6.07) is 10.3. The van der Waals surface area contributed by atoms with E-state index in [2.05, 4.69) is 14.9 Å². The molecule has 126 valence electrons.